The van der Waals surface area contributed by atoms with Crippen molar-refractivity contribution in [3.8, 4) is 5.75 Å². The molecule has 0 aliphatic rings. The summed E-state index contributed by atoms with van der Waals surface area (Å²) in [6, 6.07) is 5.94. The number of nitrogens with two attached hydrogens (primary N) is 1. The smallest absolute Gasteiger partial charge is 0.219 e. The third-order valence-corrected chi connectivity index (χ3v) is 3.35. The highest BCUT2D eigenvalue weighted by Crippen LogP contribution is 2.24. The van der Waals surface area contributed by atoms with Crippen LogP contribution in [-0.4, -0.2) is 18.1 Å². The lowest BCUT2D eigenvalue weighted by molar-refractivity contribution is -0.119. The van der Waals surface area contributed by atoms with E-state index < -0.39 is 0 Å². The Morgan fingerprint density at radius 2 is 2.15 bits per heavy atom. The van der Waals surface area contributed by atoms with E-state index in [4.69, 9.17) is 10.5 Å². The number of halogens is 1. The number of hydrogen-bond acceptors (Lipinski definition) is 3. The number of amides is 1. The molecule has 0 aliphatic heterocycles. The number of primary amides is 1. The Morgan fingerprint density at radius 1 is 1.45 bits per heavy atom. The topological polar surface area (TPSA) is 64.3 Å². The van der Waals surface area contributed by atoms with Gasteiger partial charge < -0.3 is 15.8 Å². The minimum Gasteiger partial charge on any atom is -0.493 e. The number of benzene rings is 1. The molecule has 1 aromatic rings. The number of hydrogen-bond donors (Lipinski definition) is 2. The predicted octanol–water partition coefficient (Wildman–Crippen LogP) is 2.98. The summed E-state index contributed by atoms with van der Waals surface area (Å²) in [5.41, 5.74) is 5.98. The summed E-state index contributed by atoms with van der Waals surface area (Å²) in [5.74, 6) is 0.566. The van der Waals surface area contributed by atoms with Gasteiger partial charge in [0.25, 0.3) is 0 Å². The summed E-state index contributed by atoms with van der Waals surface area (Å²) in [5, 5.41) is 3.35. The van der Waals surface area contributed by atoms with Crippen LogP contribution in [0, 0.1) is 0 Å². The van der Waals surface area contributed by atoms with Crippen molar-refractivity contribution in [2.24, 2.45) is 5.73 Å². The van der Waals surface area contributed by atoms with Crippen LogP contribution < -0.4 is 15.8 Å². The zero-order valence-corrected chi connectivity index (χ0v) is 13.9. The molecule has 0 atom stereocenters. The van der Waals surface area contributed by atoms with Crippen molar-refractivity contribution in [3.63, 3.8) is 0 Å². The predicted molar refractivity (Wildman–Crippen MR) is 84.7 cm³/mol. The van der Waals surface area contributed by atoms with Gasteiger partial charge in [-0.1, -0.05) is 22.9 Å². The molecule has 0 saturated carbocycles. The average Bonchev–Trinajstić information content (AvgIpc) is 2.34. The molecule has 112 valence electrons. The van der Waals surface area contributed by atoms with Gasteiger partial charge in [-0.2, -0.15) is 0 Å². The first-order valence-electron chi connectivity index (χ1n) is 6.78. The summed E-state index contributed by atoms with van der Waals surface area (Å²) in [6.45, 7) is 7.31. The van der Waals surface area contributed by atoms with Gasteiger partial charge in [0, 0.05) is 28.5 Å². The van der Waals surface area contributed by atoms with Crippen LogP contribution in [0.5, 0.6) is 5.75 Å². The average molecular weight is 343 g/mol. The molecular weight excluding hydrogens is 320 g/mol. The molecule has 0 heterocycles. The Kier molecular flexibility index (Phi) is 6.49. The molecule has 0 fully saturated rings. The third kappa shape index (κ3) is 5.92. The molecule has 1 aromatic carbocycles. The Labute approximate surface area is 129 Å². The molecule has 5 heteroatoms. The molecule has 0 aromatic heterocycles. The van der Waals surface area contributed by atoms with E-state index >= 15 is 0 Å². The molecule has 0 radical (unpaired) electrons. The third-order valence-electron chi connectivity index (χ3n) is 2.86. The highest BCUT2D eigenvalue weighted by Gasteiger charge is 2.20. The van der Waals surface area contributed by atoms with E-state index in [2.05, 4.69) is 28.2 Å². The Bertz CT molecular complexity index is 461. The number of carbonyl (C=O) groups is 1. The summed E-state index contributed by atoms with van der Waals surface area (Å²) in [6.07, 6.45) is 1.27. The molecular formula is C15H23BrN2O2. The summed E-state index contributed by atoms with van der Waals surface area (Å²) in [7, 11) is 0. The standard InChI is InChI=1S/C15H23BrN2O2/c1-4-7-20-13-6-5-12(16)8-11(13)10-18-15(2,3)9-14(17)19/h5-6,8,18H,4,7,9-10H2,1-3H3,(H2,17,19). The van der Waals surface area contributed by atoms with Crippen LogP contribution >= 0.6 is 15.9 Å². The van der Waals surface area contributed by atoms with E-state index in [0.29, 0.717) is 19.6 Å². The number of nitrogens with one attached hydrogen (secondary N) is 1. The van der Waals surface area contributed by atoms with Crippen molar-refractivity contribution in [1.82, 2.24) is 5.32 Å². The fraction of sp³-hybridized carbons (Fsp3) is 0.533. The highest BCUT2D eigenvalue weighted by atomic mass is 79.9. The summed E-state index contributed by atoms with van der Waals surface area (Å²) in [4.78, 5) is 11.0. The summed E-state index contributed by atoms with van der Waals surface area (Å²) >= 11 is 3.47. The van der Waals surface area contributed by atoms with Gasteiger partial charge in [-0.05, 0) is 38.5 Å². The van der Waals surface area contributed by atoms with Gasteiger partial charge >= 0.3 is 0 Å². The van der Waals surface area contributed by atoms with Gasteiger partial charge in [0.2, 0.25) is 5.91 Å². The largest absolute Gasteiger partial charge is 0.493 e. The van der Waals surface area contributed by atoms with Gasteiger partial charge in [0.1, 0.15) is 5.75 Å². The van der Waals surface area contributed by atoms with Crippen molar-refractivity contribution >= 4 is 21.8 Å². The van der Waals surface area contributed by atoms with Crippen molar-refractivity contribution in [1.29, 1.82) is 0 Å². The maximum Gasteiger partial charge on any atom is 0.219 e. The molecule has 0 bridgehead atoms. The molecule has 0 saturated heterocycles. The monoisotopic (exact) mass is 342 g/mol. The first kappa shape index (κ1) is 17.0. The fourth-order valence-corrected chi connectivity index (χ4v) is 2.28. The molecule has 1 rings (SSSR count). The lowest BCUT2D eigenvalue weighted by Crippen LogP contribution is -2.42. The quantitative estimate of drug-likeness (QED) is 0.763. The zero-order valence-electron chi connectivity index (χ0n) is 12.3. The minimum atomic E-state index is -0.337. The van der Waals surface area contributed by atoms with Crippen LogP contribution in [0.4, 0.5) is 0 Å². The van der Waals surface area contributed by atoms with Crippen molar-refractivity contribution in [2.75, 3.05) is 6.61 Å². The van der Waals surface area contributed by atoms with Crippen molar-refractivity contribution in [2.45, 2.75) is 45.7 Å². The molecule has 0 aliphatic carbocycles. The van der Waals surface area contributed by atoms with Crippen LogP contribution in [0.2, 0.25) is 0 Å². The highest BCUT2D eigenvalue weighted by molar-refractivity contribution is 9.10. The molecule has 0 unspecified atom stereocenters. The van der Waals surface area contributed by atoms with Crippen molar-refractivity contribution < 1.29 is 9.53 Å². The second-order valence-electron chi connectivity index (χ2n) is 5.48. The Morgan fingerprint density at radius 3 is 2.75 bits per heavy atom. The zero-order chi connectivity index (χ0) is 15.2. The molecule has 4 nitrogen and oxygen atoms in total. The lowest BCUT2D eigenvalue weighted by Gasteiger charge is -2.25. The van der Waals surface area contributed by atoms with Crippen LogP contribution in [0.15, 0.2) is 22.7 Å². The van der Waals surface area contributed by atoms with E-state index in [1.54, 1.807) is 0 Å². The van der Waals surface area contributed by atoms with Crippen LogP contribution in [-0.2, 0) is 11.3 Å². The number of rotatable bonds is 8. The van der Waals surface area contributed by atoms with Gasteiger partial charge in [0.05, 0.1) is 6.61 Å². The Balaban J connectivity index is 2.75. The molecule has 1 amide bonds. The maximum atomic E-state index is 11.0. The molecule has 3 N–H and O–H groups in total. The van der Waals surface area contributed by atoms with Gasteiger partial charge in [0.15, 0.2) is 0 Å². The van der Waals surface area contributed by atoms with Crippen LogP contribution in [0.25, 0.3) is 0 Å². The van der Waals surface area contributed by atoms with E-state index in [9.17, 15) is 4.79 Å². The van der Waals surface area contributed by atoms with E-state index in [0.717, 1.165) is 22.2 Å². The number of carbonyl (C=O) groups excluding carboxylic acids is 1. The number of ether oxygens (including phenoxy) is 1. The first-order valence-corrected chi connectivity index (χ1v) is 7.58. The Hall–Kier alpha value is -1.07. The van der Waals surface area contributed by atoms with Gasteiger partial charge in [-0.25, -0.2) is 0 Å². The fourth-order valence-electron chi connectivity index (χ4n) is 1.87. The maximum absolute atomic E-state index is 11.0. The van der Waals surface area contributed by atoms with Crippen molar-refractivity contribution in [3.05, 3.63) is 28.2 Å². The van der Waals surface area contributed by atoms with Crippen LogP contribution in [0.3, 0.4) is 0 Å². The lowest BCUT2D eigenvalue weighted by atomic mass is 10.00. The van der Waals surface area contributed by atoms with E-state index in [1.165, 1.54) is 0 Å². The van der Waals surface area contributed by atoms with Gasteiger partial charge in [-0.15, -0.1) is 0 Å². The van der Waals surface area contributed by atoms with E-state index in [-0.39, 0.29) is 11.4 Å². The second-order valence-corrected chi connectivity index (χ2v) is 6.40. The summed E-state index contributed by atoms with van der Waals surface area (Å²) < 4.78 is 6.74. The van der Waals surface area contributed by atoms with E-state index in [1.807, 2.05) is 32.0 Å². The second kappa shape index (κ2) is 7.64. The first-order chi connectivity index (χ1) is 9.34. The van der Waals surface area contributed by atoms with Gasteiger partial charge in [-0.3, -0.25) is 4.79 Å². The normalized spacial score (nSPS) is 11.4. The molecule has 0 spiro atoms. The SMILES string of the molecule is CCCOc1ccc(Br)cc1CNC(C)(C)CC(N)=O. The molecule has 20 heavy (non-hydrogen) atoms. The van der Waals surface area contributed by atoms with Crippen LogP contribution in [0.1, 0.15) is 39.2 Å². The minimum absolute atomic E-state index is 0.298.